The van der Waals surface area contributed by atoms with Crippen LogP contribution in [0.2, 0.25) is 0 Å². The van der Waals surface area contributed by atoms with Gasteiger partial charge in [0.15, 0.2) is 0 Å². The Labute approximate surface area is 127 Å². The smallest absolute Gasteiger partial charge is 0.125 e. The fourth-order valence-corrected chi connectivity index (χ4v) is 1.44. The molecule has 21 heavy (non-hydrogen) atoms. The maximum absolute atomic E-state index is 8.49. The van der Waals surface area contributed by atoms with Crippen molar-refractivity contribution in [3.8, 4) is 0 Å². The molecule has 120 valence electrons. The van der Waals surface area contributed by atoms with Crippen molar-refractivity contribution in [2.45, 2.75) is 6.42 Å². The molecule has 0 fully saturated rings. The molecule has 0 unspecified atom stereocenters. The second-order valence-electron chi connectivity index (χ2n) is 5.38. The largest absolute Gasteiger partial charge is 0.384 e. The monoisotopic (exact) mass is 319 g/mol. The summed E-state index contributed by atoms with van der Waals surface area (Å²) in [5.74, 6) is 0.641. The zero-order chi connectivity index (χ0) is 16.5. The van der Waals surface area contributed by atoms with Crippen LogP contribution in [0, 0.1) is 10.2 Å². The summed E-state index contributed by atoms with van der Waals surface area (Å²) in [6.07, 6.45) is 1.07. The molecule has 0 heterocycles. The quantitative estimate of drug-likeness (QED) is 0.263. The van der Waals surface area contributed by atoms with Crippen molar-refractivity contribution in [1.29, 1.82) is 0 Å². The van der Waals surface area contributed by atoms with Gasteiger partial charge in [-0.05, 0) is 0 Å². The maximum Gasteiger partial charge on any atom is 0.125 e. The average Bonchev–Trinajstić information content (AvgIpc) is 2.32. The third kappa shape index (κ3) is 15.0. The number of aliphatic imine (C=N–C) groups is 1. The molecule has 0 aliphatic rings. The fraction of sp³-hybridized carbons (Fsp3) is 0.462. The lowest BCUT2D eigenvalue weighted by atomic mass is 10.2. The summed E-state index contributed by atoms with van der Waals surface area (Å²) in [6.45, 7) is 1.92. The van der Waals surface area contributed by atoms with E-state index in [4.69, 9.17) is 24.4 Å². The van der Waals surface area contributed by atoms with E-state index in [2.05, 4.69) is 26.1 Å². The van der Waals surface area contributed by atoms with E-state index in [-0.39, 0.29) is 0 Å². The Morgan fingerprint density at radius 2 is 1.57 bits per heavy atom. The van der Waals surface area contributed by atoms with Crippen molar-refractivity contribution in [3.05, 3.63) is 35.9 Å². The summed E-state index contributed by atoms with van der Waals surface area (Å²) in [7, 11) is 1.61. The SMILES string of the molecule is C[N+](C)(C)CCCN=C(N)c1ccccc1.[O-][Cl+3]([O-])([O-])[O-]. The van der Waals surface area contributed by atoms with Gasteiger partial charge in [-0.15, -0.1) is 10.2 Å². The zero-order valence-electron chi connectivity index (χ0n) is 12.5. The van der Waals surface area contributed by atoms with Crippen molar-refractivity contribution in [1.82, 2.24) is 0 Å². The number of hydrogen-bond donors (Lipinski definition) is 1. The van der Waals surface area contributed by atoms with Gasteiger partial charge in [-0.25, -0.2) is 18.6 Å². The molecule has 0 aliphatic heterocycles. The van der Waals surface area contributed by atoms with E-state index in [1.54, 1.807) is 0 Å². The molecule has 0 bridgehead atoms. The normalized spacial score (nSPS) is 12.6. The van der Waals surface area contributed by atoms with Gasteiger partial charge >= 0.3 is 0 Å². The van der Waals surface area contributed by atoms with E-state index in [1.165, 1.54) is 0 Å². The minimum absolute atomic E-state index is 0.641. The van der Waals surface area contributed by atoms with Gasteiger partial charge in [-0.3, -0.25) is 4.99 Å². The van der Waals surface area contributed by atoms with E-state index in [1.807, 2.05) is 30.3 Å². The minimum Gasteiger partial charge on any atom is -0.384 e. The number of halogens is 1. The Morgan fingerprint density at radius 3 is 2.00 bits per heavy atom. The number of nitrogens with two attached hydrogens (primary N) is 1. The highest BCUT2D eigenvalue weighted by Crippen LogP contribution is 1.99. The number of hydrogen-bond acceptors (Lipinski definition) is 5. The molecule has 1 aromatic rings. The van der Waals surface area contributed by atoms with E-state index in [0.29, 0.717) is 5.84 Å². The number of benzene rings is 1. The highest BCUT2D eigenvalue weighted by molar-refractivity contribution is 5.97. The molecule has 0 spiro atoms. The van der Waals surface area contributed by atoms with Crippen molar-refractivity contribution in [2.24, 2.45) is 10.7 Å². The fourth-order valence-electron chi connectivity index (χ4n) is 1.44. The molecule has 8 heteroatoms. The first kappa shape index (κ1) is 19.8. The predicted molar refractivity (Wildman–Crippen MR) is 69.5 cm³/mol. The topological polar surface area (TPSA) is 131 Å². The molecule has 7 nitrogen and oxygen atoms in total. The lowest BCUT2D eigenvalue weighted by Crippen LogP contribution is -2.68. The molecular weight excluding hydrogens is 298 g/mol. The van der Waals surface area contributed by atoms with E-state index >= 15 is 0 Å². The third-order valence-corrected chi connectivity index (χ3v) is 2.34. The molecule has 0 saturated carbocycles. The first-order valence-electron chi connectivity index (χ1n) is 6.26. The number of amidine groups is 1. The zero-order valence-corrected chi connectivity index (χ0v) is 13.2. The second kappa shape index (κ2) is 8.93. The summed E-state index contributed by atoms with van der Waals surface area (Å²) in [5.41, 5.74) is 6.90. The van der Waals surface area contributed by atoms with Crippen LogP contribution in [0.4, 0.5) is 0 Å². The Balaban J connectivity index is 0.000000690. The van der Waals surface area contributed by atoms with Crippen molar-refractivity contribution in [3.63, 3.8) is 0 Å². The van der Waals surface area contributed by atoms with Gasteiger partial charge in [0.05, 0.1) is 27.7 Å². The van der Waals surface area contributed by atoms with Gasteiger partial charge in [0.2, 0.25) is 0 Å². The molecule has 0 saturated heterocycles. The van der Waals surface area contributed by atoms with Crippen LogP contribution in [-0.2, 0) is 0 Å². The maximum atomic E-state index is 8.49. The summed E-state index contributed by atoms with van der Waals surface area (Å²) < 4.78 is 34.9. The van der Waals surface area contributed by atoms with Gasteiger partial charge in [0, 0.05) is 18.5 Å². The predicted octanol–water partition coefficient (Wildman–Crippen LogP) is -3.27. The summed E-state index contributed by atoms with van der Waals surface area (Å²) in [4.78, 5) is 4.38. The third-order valence-electron chi connectivity index (χ3n) is 2.34. The molecule has 2 N–H and O–H groups in total. The molecule has 0 aromatic heterocycles. The van der Waals surface area contributed by atoms with Crippen LogP contribution < -0.4 is 24.4 Å². The molecular formula is C13H22ClN3O4. The lowest BCUT2D eigenvalue weighted by Gasteiger charge is -2.23. The molecule has 0 radical (unpaired) electrons. The van der Waals surface area contributed by atoms with E-state index in [0.717, 1.165) is 29.6 Å². The van der Waals surface area contributed by atoms with Crippen LogP contribution in [0.3, 0.4) is 0 Å². The summed E-state index contributed by atoms with van der Waals surface area (Å²) in [6, 6.07) is 9.90. The van der Waals surface area contributed by atoms with Crippen LogP contribution in [-0.4, -0.2) is 44.6 Å². The van der Waals surface area contributed by atoms with E-state index in [9.17, 15) is 0 Å². The van der Waals surface area contributed by atoms with Crippen LogP contribution >= 0.6 is 0 Å². The van der Waals surface area contributed by atoms with Crippen molar-refractivity contribution >= 4 is 5.84 Å². The van der Waals surface area contributed by atoms with Gasteiger partial charge in [-0.2, -0.15) is 0 Å². The van der Waals surface area contributed by atoms with Gasteiger partial charge in [0.1, 0.15) is 5.84 Å². The highest BCUT2D eigenvalue weighted by Gasteiger charge is 2.05. The number of quaternary nitrogens is 1. The van der Waals surface area contributed by atoms with Crippen LogP contribution in [0.1, 0.15) is 12.0 Å². The van der Waals surface area contributed by atoms with E-state index < -0.39 is 10.2 Å². The summed E-state index contributed by atoms with van der Waals surface area (Å²) >= 11 is 0. The second-order valence-corrected chi connectivity index (χ2v) is 6.13. The molecule has 1 aromatic carbocycles. The number of rotatable bonds is 5. The Bertz CT molecular complexity index is 421. The lowest BCUT2D eigenvalue weighted by molar-refractivity contribution is -2.00. The van der Waals surface area contributed by atoms with Gasteiger partial charge in [-0.1, -0.05) is 30.3 Å². The molecule has 0 atom stereocenters. The molecule has 1 rings (SSSR count). The van der Waals surface area contributed by atoms with Crippen LogP contribution in [0.15, 0.2) is 35.3 Å². The van der Waals surface area contributed by atoms with Crippen LogP contribution in [0.25, 0.3) is 0 Å². The van der Waals surface area contributed by atoms with Crippen LogP contribution in [0.5, 0.6) is 0 Å². The Hall–Kier alpha value is -1.22. The average molecular weight is 320 g/mol. The highest BCUT2D eigenvalue weighted by atomic mass is 35.7. The van der Waals surface area contributed by atoms with Gasteiger partial charge < -0.3 is 10.2 Å². The Morgan fingerprint density at radius 1 is 1.10 bits per heavy atom. The molecule has 0 amide bonds. The molecule has 0 aliphatic carbocycles. The standard InChI is InChI=1S/C13H22N3.ClHO4/c1-16(2,3)11-7-10-15-13(14)12-8-5-4-6-9-12;2-1(3,4)5/h4-6,8-9H,7,10-11H2,1-3H3,(H2,14,15);(H,2,3,4,5)/q+1;/p-1. The van der Waals surface area contributed by atoms with Gasteiger partial charge in [0.25, 0.3) is 0 Å². The number of nitrogens with zero attached hydrogens (tertiary/aromatic N) is 2. The first-order chi connectivity index (χ1) is 9.49. The summed E-state index contributed by atoms with van der Waals surface area (Å²) in [5, 5.41) is 0. The first-order valence-corrected chi connectivity index (χ1v) is 7.50. The Kier molecular flexibility index (Phi) is 8.41. The minimum atomic E-state index is -4.94. The van der Waals surface area contributed by atoms with Crippen molar-refractivity contribution < 1.29 is 33.4 Å². The van der Waals surface area contributed by atoms with Crippen molar-refractivity contribution in [2.75, 3.05) is 34.2 Å².